The Kier molecular flexibility index (Phi) is 4.19. The van der Waals surface area contributed by atoms with Gasteiger partial charge in [0.2, 0.25) is 5.91 Å². The second-order valence-corrected chi connectivity index (χ2v) is 6.87. The van der Waals surface area contributed by atoms with E-state index < -0.39 is 11.9 Å². The highest BCUT2D eigenvalue weighted by Gasteiger charge is 2.34. The van der Waals surface area contributed by atoms with Crippen LogP contribution in [-0.4, -0.2) is 40.7 Å². The molecule has 1 fully saturated rings. The molecule has 2 atom stereocenters. The number of carboxylic acids is 1. The molecule has 1 saturated heterocycles. The molecule has 0 radical (unpaired) electrons. The second kappa shape index (κ2) is 6.10. The van der Waals surface area contributed by atoms with Gasteiger partial charge in [-0.25, -0.2) is 0 Å². The van der Waals surface area contributed by atoms with E-state index in [1.807, 2.05) is 18.2 Å². The van der Waals surface area contributed by atoms with E-state index in [0.29, 0.717) is 19.5 Å². The minimum atomic E-state index is -0.788. The number of fused-ring (bicyclic) bond motifs is 1. The molecular weight excluding hydrogens is 286 g/mol. The van der Waals surface area contributed by atoms with Crippen molar-refractivity contribution < 1.29 is 14.7 Å². The summed E-state index contributed by atoms with van der Waals surface area (Å²) in [7, 11) is 0. The van der Waals surface area contributed by atoms with E-state index in [9.17, 15) is 9.59 Å². The van der Waals surface area contributed by atoms with Gasteiger partial charge in [0.05, 0.1) is 5.92 Å². The third kappa shape index (κ3) is 2.93. The number of hydrogen-bond donors (Lipinski definition) is 1. The molecule has 2 aliphatic rings. The van der Waals surface area contributed by atoms with Crippen molar-refractivity contribution in [3.63, 3.8) is 0 Å². The predicted molar refractivity (Wildman–Crippen MR) is 82.3 cm³/mol. The molecule has 21 heavy (non-hydrogen) atoms. The molecular formula is C16H19NO3S. The molecule has 1 N–H and O–H groups in total. The van der Waals surface area contributed by atoms with E-state index in [4.69, 9.17) is 5.11 Å². The van der Waals surface area contributed by atoms with E-state index in [1.54, 1.807) is 16.7 Å². The number of piperidine rings is 1. The van der Waals surface area contributed by atoms with Crippen molar-refractivity contribution in [2.45, 2.75) is 24.5 Å². The van der Waals surface area contributed by atoms with Gasteiger partial charge >= 0.3 is 5.97 Å². The number of nitrogens with zero attached hydrogens (tertiary/aromatic N) is 1. The maximum atomic E-state index is 12.8. The van der Waals surface area contributed by atoms with Crippen LogP contribution in [-0.2, 0) is 16.0 Å². The first kappa shape index (κ1) is 14.4. The highest BCUT2D eigenvalue weighted by molar-refractivity contribution is 8.00. The molecule has 0 saturated carbocycles. The minimum absolute atomic E-state index is 0.0816. The fourth-order valence-corrected chi connectivity index (χ4v) is 4.42. The Morgan fingerprint density at radius 1 is 1.29 bits per heavy atom. The summed E-state index contributed by atoms with van der Waals surface area (Å²) in [6.45, 7) is 1.04. The monoisotopic (exact) mass is 305 g/mol. The first-order valence-corrected chi connectivity index (χ1v) is 8.42. The quantitative estimate of drug-likeness (QED) is 0.911. The SMILES string of the molecule is O=C(O)[C@H]1CCCN(C(=O)C2SCCc3ccccc32)C1. The van der Waals surface area contributed by atoms with E-state index in [0.717, 1.165) is 24.2 Å². The van der Waals surface area contributed by atoms with E-state index >= 15 is 0 Å². The average molecular weight is 305 g/mol. The Bertz CT molecular complexity index is 560. The molecule has 5 heteroatoms. The van der Waals surface area contributed by atoms with Crippen LogP contribution in [0.3, 0.4) is 0 Å². The van der Waals surface area contributed by atoms with E-state index in [2.05, 4.69) is 6.07 Å². The van der Waals surface area contributed by atoms with Gasteiger partial charge in [-0.1, -0.05) is 24.3 Å². The number of thioether (sulfide) groups is 1. The molecule has 2 aliphatic heterocycles. The molecule has 0 aliphatic carbocycles. The van der Waals surface area contributed by atoms with Gasteiger partial charge in [0.15, 0.2) is 0 Å². The van der Waals surface area contributed by atoms with Crippen LogP contribution in [0.25, 0.3) is 0 Å². The van der Waals surface area contributed by atoms with Gasteiger partial charge in [0.25, 0.3) is 0 Å². The predicted octanol–water partition coefficient (Wildman–Crippen LogP) is 2.34. The molecule has 0 aromatic heterocycles. The average Bonchev–Trinajstić information content (AvgIpc) is 2.53. The number of hydrogen-bond acceptors (Lipinski definition) is 3. The molecule has 2 heterocycles. The lowest BCUT2D eigenvalue weighted by Crippen LogP contribution is -2.44. The highest BCUT2D eigenvalue weighted by atomic mass is 32.2. The van der Waals surface area contributed by atoms with Crippen molar-refractivity contribution in [1.82, 2.24) is 4.90 Å². The third-order valence-electron chi connectivity index (χ3n) is 4.30. The molecule has 1 aromatic carbocycles. The van der Waals surface area contributed by atoms with Gasteiger partial charge < -0.3 is 10.0 Å². The first-order chi connectivity index (χ1) is 10.2. The van der Waals surface area contributed by atoms with Crippen molar-refractivity contribution in [2.24, 2.45) is 5.92 Å². The number of likely N-dealkylation sites (tertiary alicyclic amines) is 1. The molecule has 4 nitrogen and oxygen atoms in total. The summed E-state index contributed by atoms with van der Waals surface area (Å²) >= 11 is 1.68. The van der Waals surface area contributed by atoms with E-state index in [-0.39, 0.29) is 11.2 Å². The largest absolute Gasteiger partial charge is 0.481 e. The summed E-state index contributed by atoms with van der Waals surface area (Å²) in [5.41, 5.74) is 2.36. The number of amides is 1. The van der Waals surface area contributed by atoms with Gasteiger partial charge in [0.1, 0.15) is 5.25 Å². The van der Waals surface area contributed by atoms with Crippen molar-refractivity contribution in [3.8, 4) is 0 Å². The molecule has 1 aromatic rings. The Morgan fingerprint density at radius 3 is 2.90 bits per heavy atom. The van der Waals surface area contributed by atoms with Crippen molar-refractivity contribution in [2.75, 3.05) is 18.8 Å². The molecule has 0 spiro atoms. The van der Waals surface area contributed by atoms with Crippen LogP contribution in [0.4, 0.5) is 0 Å². The van der Waals surface area contributed by atoms with Crippen molar-refractivity contribution in [3.05, 3.63) is 35.4 Å². The molecule has 112 valence electrons. The highest BCUT2D eigenvalue weighted by Crippen LogP contribution is 2.38. The molecule has 3 rings (SSSR count). The number of carbonyl (C=O) groups excluding carboxylic acids is 1. The standard InChI is InChI=1S/C16H19NO3S/c18-15(17-8-3-5-12(10-17)16(19)20)14-13-6-2-1-4-11(13)7-9-21-14/h1-2,4,6,12,14H,3,5,7-10H2,(H,19,20)/t12-,14?/m0/s1. The number of benzene rings is 1. The fourth-order valence-electron chi connectivity index (χ4n) is 3.14. The van der Waals surface area contributed by atoms with Crippen LogP contribution >= 0.6 is 11.8 Å². The fraction of sp³-hybridized carbons (Fsp3) is 0.500. The zero-order valence-electron chi connectivity index (χ0n) is 11.8. The summed E-state index contributed by atoms with van der Waals surface area (Å²) in [4.78, 5) is 25.7. The number of aliphatic carboxylic acids is 1. The van der Waals surface area contributed by atoms with Gasteiger partial charge in [-0.05, 0) is 36.1 Å². The van der Waals surface area contributed by atoms with Crippen LogP contribution in [0.1, 0.15) is 29.2 Å². The van der Waals surface area contributed by atoms with Crippen LogP contribution in [0.5, 0.6) is 0 Å². The summed E-state index contributed by atoms with van der Waals surface area (Å²) in [5.74, 6) is -0.169. The smallest absolute Gasteiger partial charge is 0.308 e. The van der Waals surface area contributed by atoms with Crippen LogP contribution in [0.2, 0.25) is 0 Å². The number of rotatable bonds is 2. The lowest BCUT2D eigenvalue weighted by atomic mass is 9.96. The maximum Gasteiger partial charge on any atom is 0.308 e. The Balaban J connectivity index is 1.78. The zero-order chi connectivity index (χ0) is 14.8. The summed E-state index contributed by atoms with van der Waals surface area (Å²) in [6, 6.07) is 8.10. The van der Waals surface area contributed by atoms with Gasteiger partial charge in [-0.2, -0.15) is 0 Å². The Morgan fingerprint density at radius 2 is 2.10 bits per heavy atom. The molecule has 1 unspecified atom stereocenters. The summed E-state index contributed by atoms with van der Waals surface area (Å²) < 4.78 is 0. The molecule has 1 amide bonds. The van der Waals surface area contributed by atoms with Gasteiger partial charge in [0, 0.05) is 13.1 Å². The van der Waals surface area contributed by atoms with Gasteiger partial charge in [-0.15, -0.1) is 11.8 Å². The number of carbonyl (C=O) groups is 2. The Hall–Kier alpha value is -1.49. The van der Waals surface area contributed by atoms with Crippen molar-refractivity contribution >= 4 is 23.6 Å². The van der Waals surface area contributed by atoms with Crippen LogP contribution in [0, 0.1) is 5.92 Å². The summed E-state index contributed by atoms with van der Waals surface area (Å²) in [6.07, 6.45) is 2.46. The van der Waals surface area contributed by atoms with Crippen LogP contribution in [0.15, 0.2) is 24.3 Å². The number of carboxylic acid groups (broad SMARTS) is 1. The normalized spacial score (nSPS) is 25.2. The second-order valence-electron chi connectivity index (χ2n) is 5.66. The topological polar surface area (TPSA) is 57.6 Å². The lowest BCUT2D eigenvalue weighted by Gasteiger charge is -2.35. The van der Waals surface area contributed by atoms with Gasteiger partial charge in [-0.3, -0.25) is 9.59 Å². The number of aryl methyl sites for hydroxylation is 1. The third-order valence-corrected chi connectivity index (χ3v) is 5.53. The first-order valence-electron chi connectivity index (χ1n) is 7.38. The maximum absolute atomic E-state index is 12.8. The lowest BCUT2D eigenvalue weighted by molar-refractivity contribution is -0.145. The summed E-state index contributed by atoms with van der Waals surface area (Å²) in [5, 5.41) is 9.00. The zero-order valence-corrected chi connectivity index (χ0v) is 12.6. The minimum Gasteiger partial charge on any atom is -0.481 e. The Labute approximate surface area is 128 Å². The van der Waals surface area contributed by atoms with Crippen LogP contribution < -0.4 is 0 Å². The molecule has 0 bridgehead atoms. The van der Waals surface area contributed by atoms with E-state index in [1.165, 1.54) is 5.56 Å². The van der Waals surface area contributed by atoms with Crippen molar-refractivity contribution in [1.29, 1.82) is 0 Å².